The predicted octanol–water partition coefficient (Wildman–Crippen LogP) is 3.94. The van der Waals surface area contributed by atoms with Gasteiger partial charge in [0.2, 0.25) is 0 Å². The van der Waals surface area contributed by atoms with Crippen molar-refractivity contribution in [2.24, 2.45) is 5.92 Å². The van der Waals surface area contributed by atoms with Crippen LogP contribution in [0.25, 0.3) is 0 Å². The van der Waals surface area contributed by atoms with Crippen LogP contribution in [0, 0.1) is 5.92 Å². The first-order valence-electron chi connectivity index (χ1n) is 9.84. The standard InChI is InChI=1S/C20H34O6/c1-6-17(21)24-15-11-16(25-18(22)7-2)13-20(12-15,10-9-14(4)5)26-19(23)8-3/h14-16H,6-13H2,1-5H3. The first-order valence-corrected chi connectivity index (χ1v) is 9.84. The molecule has 1 rings (SSSR count). The highest BCUT2D eigenvalue weighted by molar-refractivity contribution is 5.70. The maximum Gasteiger partial charge on any atom is 0.306 e. The van der Waals surface area contributed by atoms with Gasteiger partial charge in [-0.25, -0.2) is 0 Å². The van der Waals surface area contributed by atoms with Crippen LogP contribution in [0.1, 0.15) is 86.0 Å². The zero-order valence-corrected chi connectivity index (χ0v) is 16.8. The highest BCUT2D eigenvalue weighted by atomic mass is 16.6. The van der Waals surface area contributed by atoms with E-state index >= 15 is 0 Å². The molecule has 6 nitrogen and oxygen atoms in total. The summed E-state index contributed by atoms with van der Waals surface area (Å²) in [6.45, 7) is 9.46. The molecule has 1 aliphatic rings. The van der Waals surface area contributed by atoms with Crippen LogP contribution in [-0.4, -0.2) is 35.7 Å². The van der Waals surface area contributed by atoms with E-state index in [0.29, 0.717) is 31.6 Å². The van der Waals surface area contributed by atoms with Crippen molar-refractivity contribution in [3.63, 3.8) is 0 Å². The first kappa shape index (κ1) is 22.5. The highest BCUT2D eigenvalue weighted by Crippen LogP contribution is 2.39. The minimum Gasteiger partial charge on any atom is -0.462 e. The zero-order valence-electron chi connectivity index (χ0n) is 16.8. The largest absolute Gasteiger partial charge is 0.462 e. The molecule has 0 aromatic carbocycles. The van der Waals surface area contributed by atoms with E-state index in [2.05, 4.69) is 13.8 Å². The molecule has 1 saturated carbocycles. The average Bonchev–Trinajstić information content (AvgIpc) is 2.59. The normalized spacial score (nSPS) is 25.6. The summed E-state index contributed by atoms with van der Waals surface area (Å²) in [6.07, 6.45) is 2.91. The zero-order chi connectivity index (χ0) is 19.7. The Bertz CT molecular complexity index is 459. The molecule has 6 heteroatoms. The molecule has 1 aliphatic carbocycles. The van der Waals surface area contributed by atoms with E-state index in [0.717, 1.165) is 6.42 Å². The molecule has 0 heterocycles. The topological polar surface area (TPSA) is 78.9 Å². The van der Waals surface area contributed by atoms with Crippen LogP contribution in [0.5, 0.6) is 0 Å². The Kier molecular flexibility index (Phi) is 9.09. The van der Waals surface area contributed by atoms with Gasteiger partial charge in [0.25, 0.3) is 0 Å². The summed E-state index contributed by atoms with van der Waals surface area (Å²) in [4.78, 5) is 35.6. The van der Waals surface area contributed by atoms with Gasteiger partial charge in [-0.2, -0.15) is 0 Å². The molecule has 0 N–H and O–H groups in total. The fourth-order valence-electron chi connectivity index (χ4n) is 3.29. The van der Waals surface area contributed by atoms with Crippen LogP contribution < -0.4 is 0 Å². The van der Waals surface area contributed by atoms with Crippen molar-refractivity contribution in [2.75, 3.05) is 0 Å². The molecule has 150 valence electrons. The van der Waals surface area contributed by atoms with E-state index in [1.54, 1.807) is 20.8 Å². The van der Waals surface area contributed by atoms with E-state index < -0.39 is 17.8 Å². The summed E-state index contributed by atoms with van der Waals surface area (Å²) in [6, 6.07) is 0. The number of hydrogen-bond acceptors (Lipinski definition) is 6. The number of rotatable bonds is 9. The molecule has 0 amide bonds. The van der Waals surface area contributed by atoms with Gasteiger partial charge in [-0.3, -0.25) is 14.4 Å². The molecule has 2 unspecified atom stereocenters. The third-order valence-corrected chi connectivity index (χ3v) is 4.70. The van der Waals surface area contributed by atoms with Gasteiger partial charge >= 0.3 is 17.9 Å². The lowest BCUT2D eigenvalue weighted by Gasteiger charge is -2.43. The maximum absolute atomic E-state index is 12.1. The van der Waals surface area contributed by atoms with E-state index in [1.807, 2.05) is 0 Å². The van der Waals surface area contributed by atoms with Crippen LogP contribution >= 0.6 is 0 Å². The molecular formula is C20H34O6. The Balaban J connectivity index is 3.04. The molecule has 0 aromatic heterocycles. The number of carbonyl (C=O) groups is 3. The van der Waals surface area contributed by atoms with E-state index in [-0.39, 0.29) is 37.2 Å². The average molecular weight is 370 g/mol. The Morgan fingerprint density at radius 2 is 1.35 bits per heavy atom. The van der Waals surface area contributed by atoms with E-state index in [9.17, 15) is 14.4 Å². The Labute approximate surface area is 156 Å². The summed E-state index contributed by atoms with van der Waals surface area (Å²) in [5.74, 6) is -0.423. The summed E-state index contributed by atoms with van der Waals surface area (Å²) >= 11 is 0. The molecule has 0 aromatic rings. The third kappa shape index (κ3) is 7.34. The van der Waals surface area contributed by atoms with Crippen LogP contribution in [0.3, 0.4) is 0 Å². The van der Waals surface area contributed by atoms with Crippen molar-refractivity contribution in [3.8, 4) is 0 Å². The van der Waals surface area contributed by atoms with Crippen LogP contribution in [-0.2, 0) is 28.6 Å². The van der Waals surface area contributed by atoms with Crippen molar-refractivity contribution < 1.29 is 28.6 Å². The minimum absolute atomic E-state index is 0.280. The number of hydrogen-bond donors (Lipinski definition) is 0. The highest BCUT2D eigenvalue weighted by Gasteiger charge is 2.46. The molecular weight excluding hydrogens is 336 g/mol. The van der Waals surface area contributed by atoms with Gasteiger partial charge < -0.3 is 14.2 Å². The van der Waals surface area contributed by atoms with Crippen molar-refractivity contribution in [1.29, 1.82) is 0 Å². The Hall–Kier alpha value is -1.59. The first-order chi connectivity index (χ1) is 12.2. The van der Waals surface area contributed by atoms with Gasteiger partial charge in [0.05, 0.1) is 0 Å². The number of esters is 3. The fraction of sp³-hybridized carbons (Fsp3) is 0.850. The van der Waals surface area contributed by atoms with Crippen molar-refractivity contribution in [1.82, 2.24) is 0 Å². The van der Waals surface area contributed by atoms with Gasteiger partial charge in [0.15, 0.2) is 0 Å². The van der Waals surface area contributed by atoms with Crippen LogP contribution in [0.15, 0.2) is 0 Å². The molecule has 0 radical (unpaired) electrons. The lowest BCUT2D eigenvalue weighted by Crippen LogP contribution is -2.49. The lowest BCUT2D eigenvalue weighted by atomic mass is 9.77. The molecule has 1 fully saturated rings. The van der Waals surface area contributed by atoms with Gasteiger partial charge in [-0.15, -0.1) is 0 Å². The van der Waals surface area contributed by atoms with E-state index in [1.165, 1.54) is 0 Å². The quantitative estimate of drug-likeness (QED) is 0.452. The van der Waals surface area contributed by atoms with Crippen LogP contribution in [0.4, 0.5) is 0 Å². The van der Waals surface area contributed by atoms with Crippen LogP contribution in [0.2, 0.25) is 0 Å². The summed E-state index contributed by atoms with van der Waals surface area (Å²) in [5, 5.41) is 0. The van der Waals surface area contributed by atoms with E-state index in [4.69, 9.17) is 14.2 Å². The van der Waals surface area contributed by atoms with Crippen molar-refractivity contribution in [3.05, 3.63) is 0 Å². The van der Waals surface area contributed by atoms with Crippen molar-refractivity contribution in [2.45, 2.75) is 104 Å². The monoisotopic (exact) mass is 370 g/mol. The van der Waals surface area contributed by atoms with Gasteiger partial charge in [-0.1, -0.05) is 34.6 Å². The second kappa shape index (κ2) is 10.5. The van der Waals surface area contributed by atoms with Gasteiger partial charge in [0.1, 0.15) is 17.8 Å². The summed E-state index contributed by atoms with van der Waals surface area (Å²) in [7, 11) is 0. The Morgan fingerprint density at radius 1 is 0.885 bits per heavy atom. The molecule has 2 atom stereocenters. The number of ether oxygens (including phenoxy) is 3. The molecule has 0 aliphatic heterocycles. The smallest absolute Gasteiger partial charge is 0.306 e. The molecule has 0 saturated heterocycles. The molecule has 26 heavy (non-hydrogen) atoms. The maximum atomic E-state index is 12.1. The molecule has 0 spiro atoms. The van der Waals surface area contributed by atoms with Gasteiger partial charge in [0, 0.05) is 38.5 Å². The second-order valence-electron chi connectivity index (χ2n) is 7.52. The van der Waals surface area contributed by atoms with Gasteiger partial charge in [-0.05, 0) is 18.8 Å². The minimum atomic E-state index is -0.757. The number of carbonyl (C=O) groups excluding carboxylic acids is 3. The molecule has 0 bridgehead atoms. The second-order valence-corrected chi connectivity index (χ2v) is 7.52. The SMILES string of the molecule is CCC(=O)OC1CC(OC(=O)CC)CC(CCC(C)C)(OC(=O)CC)C1. The summed E-state index contributed by atoms with van der Waals surface area (Å²) in [5.41, 5.74) is -0.757. The third-order valence-electron chi connectivity index (χ3n) is 4.70. The van der Waals surface area contributed by atoms with Crippen molar-refractivity contribution >= 4 is 17.9 Å². The summed E-state index contributed by atoms with van der Waals surface area (Å²) < 4.78 is 16.9. The predicted molar refractivity (Wildman–Crippen MR) is 97.4 cm³/mol. The Morgan fingerprint density at radius 3 is 1.73 bits per heavy atom. The lowest BCUT2D eigenvalue weighted by molar-refractivity contribution is -0.187. The fourth-order valence-corrected chi connectivity index (χ4v) is 3.29.